The van der Waals surface area contributed by atoms with E-state index in [1.54, 1.807) is 12.1 Å². The Labute approximate surface area is 395 Å². The normalized spacial score (nSPS) is 14.6. The van der Waals surface area contributed by atoms with Crippen molar-refractivity contribution in [3.05, 3.63) is 167 Å². The molecule has 0 unspecified atom stereocenters. The van der Waals surface area contributed by atoms with Crippen LogP contribution < -0.4 is 0 Å². The van der Waals surface area contributed by atoms with E-state index in [-0.39, 0.29) is 48.5 Å². The number of aryl methyl sites for hydroxylation is 3. The number of furan rings is 1. The first-order chi connectivity index (χ1) is 32.7. The van der Waals surface area contributed by atoms with E-state index in [0.29, 0.717) is 50.2 Å². The smallest absolute Gasteiger partial charge is 0.129 e. The quantitative estimate of drug-likeness (QED) is 0.123. The topological polar surface area (TPSA) is 38.9 Å². The van der Waals surface area contributed by atoms with E-state index in [4.69, 9.17) is 21.7 Å². The van der Waals surface area contributed by atoms with Gasteiger partial charge in [0, 0.05) is 55.6 Å². The number of aromatic nitrogens is 2. The van der Waals surface area contributed by atoms with Gasteiger partial charge in [-0.2, -0.15) is 0 Å². The van der Waals surface area contributed by atoms with Gasteiger partial charge in [-0.05, 0) is 96.5 Å². The van der Waals surface area contributed by atoms with Crippen molar-refractivity contribution in [1.82, 2.24) is 9.97 Å². The molecule has 0 aliphatic heterocycles. The molecule has 6 aromatic carbocycles. The van der Waals surface area contributed by atoms with Gasteiger partial charge in [0.05, 0.1) is 5.58 Å². The van der Waals surface area contributed by atoms with Crippen molar-refractivity contribution in [2.75, 3.05) is 0 Å². The van der Waals surface area contributed by atoms with Crippen molar-refractivity contribution >= 4 is 43.5 Å². The predicted octanol–water partition coefficient (Wildman–Crippen LogP) is 16.6. The zero-order valence-electron chi connectivity index (χ0n) is 45.8. The van der Waals surface area contributed by atoms with E-state index >= 15 is 0 Å². The molecule has 0 N–H and O–H groups in total. The largest absolute Gasteiger partial charge is 0.500 e. The van der Waals surface area contributed by atoms with Crippen LogP contribution in [0.3, 0.4) is 0 Å². The zero-order valence-corrected chi connectivity index (χ0v) is 39.2. The van der Waals surface area contributed by atoms with Crippen LogP contribution in [0.25, 0.3) is 77.1 Å². The van der Waals surface area contributed by atoms with Crippen molar-refractivity contribution in [1.29, 1.82) is 0 Å². The van der Waals surface area contributed by atoms with Crippen LogP contribution in [0.4, 0.5) is 0 Å². The molecule has 62 heavy (non-hydrogen) atoms. The van der Waals surface area contributed by atoms with Gasteiger partial charge in [-0.25, -0.2) is 0 Å². The van der Waals surface area contributed by atoms with Crippen LogP contribution in [0.15, 0.2) is 120 Å². The molecule has 9 rings (SSSR count). The Kier molecular flexibility index (Phi) is 9.77. The third-order valence-electron chi connectivity index (χ3n) is 11.7. The molecular formula is C58H58IrN2O-2. The van der Waals surface area contributed by atoms with E-state index in [0.717, 1.165) is 49.5 Å². The molecule has 3 nitrogen and oxygen atoms in total. The molecular weight excluding hydrogens is 933 g/mol. The molecule has 3 aromatic heterocycles. The fraction of sp³-hybridized carbons (Fsp3) is 0.276. The summed E-state index contributed by atoms with van der Waals surface area (Å²) in [6.45, 7) is 12.4. The molecule has 0 aliphatic rings. The van der Waals surface area contributed by atoms with Crippen LogP contribution in [0.1, 0.15) is 131 Å². The van der Waals surface area contributed by atoms with E-state index in [9.17, 15) is 0 Å². The summed E-state index contributed by atoms with van der Waals surface area (Å²) in [5.41, 5.74) is 10.2. The van der Waals surface area contributed by atoms with Crippen LogP contribution in [0.2, 0.25) is 0 Å². The van der Waals surface area contributed by atoms with Crippen LogP contribution in [0.5, 0.6) is 0 Å². The van der Waals surface area contributed by atoms with E-state index in [2.05, 4.69) is 97.6 Å². The molecule has 4 heteroatoms. The molecule has 0 aliphatic carbocycles. The molecule has 0 atom stereocenters. The van der Waals surface area contributed by atoms with Crippen LogP contribution in [-0.4, -0.2) is 9.97 Å². The Balaban J connectivity index is 0.000000296. The summed E-state index contributed by atoms with van der Waals surface area (Å²) in [6, 6.07) is 39.0. The standard InChI is InChI=1S/C42H40NO.C16H18N.Ir/c1-23(2)30-19-34(24(3)4)40(35(20-30)25(5)6)36-21-37(43-22-27(36)8)32-17-13-26(7)38-33-18-16-29-15-14-28-11-9-10-12-31(28)39(29)42(33)44-41(32)38;1-12-5-7-13(8-6-12)15-10-9-14(11-17-15)16(2,3)4;/h9-16,18-25H,1-8H3;5-7,9-11H,1-4H3;/q2*-1;/i7D3,8D3;1D3;. The number of pyridine rings is 2. The first-order valence-electron chi connectivity index (χ1n) is 25.6. The minimum atomic E-state index is -2.43. The third-order valence-corrected chi connectivity index (χ3v) is 11.7. The number of fused-ring (bicyclic) bond motifs is 7. The fourth-order valence-electron chi connectivity index (χ4n) is 8.20. The predicted molar refractivity (Wildman–Crippen MR) is 260 cm³/mol. The number of hydrogen-bond acceptors (Lipinski definition) is 3. The minimum Gasteiger partial charge on any atom is -0.500 e. The maximum Gasteiger partial charge on any atom is 0.129 e. The molecule has 0 saturated carbocycles. The van der Waals surface area contributed by atoms with Gasteiger partial charge in [0.2, 0.25) is 0 Å². The second kappa shape index (κ2) is 17.8. The Bertz CT molecular complexity index is 3310. The molecule has 3 heterocycles. The van der Waals surface area contributed by atoms with Gasteiger partial charge in [-0.15, -0.1) is 53.1 Å². The zero-order chi connectivity index (χ0) is 50.8. The maximum atomic E-state index is 8.55. The summed E-state index contributed by atoms with van der Waals surface area (Å²) in [5, 5.41) is 5.11. The summed E-state index contributed by atoms with van der Waals surface area (Å²) in [5.74, 6) is 0.546. The molecule has 9 aromatic rings. The Morgan fingerprint density at radius 2 is 1.32 bits per heavy atom. The first kappa shape index (κ1) is 34.1. The van der Waals surface area contributed by atoms with Crippen LogP contribution in [-0.2, 0) is 25.5 Å². The number of benzene rings is 6. The third kappa shape index (κ3) is 8.53. The van der Waals surface area contributed by atoms with Gasteiger partial charge in [-0.3, -0.25) is 0 Å². The second-order valence-corrected chi connectivity index (χ2v) is 18.0. The summed E-state index contributed by atoms with van der Waals surface area (Å²) < 4.78 is 79.8. The SMILES string of the molecule is [2H]C([2H])([2H])c1c[c-]c(-c2ccc(C(C)(C)C)cn2)cc1.[2H]C([2H])([2H])c1cnc(-c2[c-]cc(C([2H])([2H])[2H])c3c2oc2c3ccc3ccc4ccccc4c32)cc1-c1c(C(C)C)cc(C(C)C)cc1C(C)C.[Ir]. The molecule has 0 spiro atoms. The molecule has 0 saturated heterocycles. The average molecular weight is 1000 g/mol. The number of hydrogen-bond donors (Lipinski definition) is 0. The summed E-state index contributed by atoms with van der Waals surface area (Å²) in [7, 11) is 0. The minimum absolute atomic E-state index is 0. The molecule has 0 bridgehead atoms. The van der Waals surface area contributed by atoms with Gasteiger partial charge in [0.1, 0.15) is 5.58 Å². The summed E-state index contributed by atoms with van der Waals surface area (Å²) in [4.78, 5) is 9.16. The molecule has 317 valence electrons. The van der Waals surface area contributed by atoms with E-state index < -0.39 is 20.6 Å². The Morgan fingerprint density at radius 3 is 1.95 bits per heavy atom. The van der Waals surface area contributed by atoms with Crippen LogP contribution in [0, 0.1) is 32.7 Å². The van der Waals surface area contributed by atoms with Gasteiger partial charge < -0.3 is 14.4 Å². The summed E-state index contributed by atoms with van der Waals surface area (Å²) in [6.07, 6.45) is 3.31. The van der Waals surface area contributed by atoms with Crippen molar-refractivity contribution < 1.29 is 36.9 Å². The fourth-order valence-corrected chi connectivity index (χ4v) is 8.20. The molecule has 0 fully saturated rings. The van der Waals surface area contributed by atoms with Gasteiger partial charge in [0.25, 0.3) is 0 Å². The number of nitrogens with zero attached hydrogens (tertiary/aromatic N) is 2. The summed E-state index contributed by atoms with van der Waals surface area (Å²) >= 11 is 0. The van der Waals surface area contributed by atoms with Gasteiger partial charge in [0.15, 0.2) is 0 Å². The molecule has 1 radical (unpaired) electrons. The monoisotopic (exact) mass is 1000 g/mol. The van der Waals surface area contributed by atoms with E-state index in [1.807, 2.05) is 66.9 Å². The molecule has 0 amide bonds. The maximum absolute atomic E-state index is 8.55. The average Bonchev–Trinajstić information content (AvgIpc) is 3.69. The first-order valence-corrected chi connectivity index (χ1v) is 21.1. The van der Waals surface area contributed by atoms with Crippen molar-refractivity contribution in [2.45, 2.75) is 106 Å². The van der Waals surface area contributed by atoms with Crippen molar-refractivity contribution in [3.8, 4) is 33.6 Å². The van der Waals surface area contributed by atoms with Gasteiger partial charge in [-0.1, -0.05) is 166 Å². The van der Waals surface area contributed by atoms with Crippen LogP contribution >= 0.6 is 0 Å². The second-order valence-electron chi connectivity index (χ2n) is 18.0. The Hall–Kier alpha value is -5.41. The number of rotatable bonds is 6. The Morgan fingerprint density at radius 1 is 0.613 bits per heavy atom. The van der Waals surface area contributed by atoms with Crippen molar-refractivity contribution in [3.63, 3.8) is 0 Å². The van der Waals surface area contributed by atoms with Crippen molar-refractivity contribution in [2.24, 2.45) is 0 Å². The van der Waals surface area contributed by atoms with Gasteiger partial charge >= 0.3 is 0 Å². The van der Waals surface area contributed by atoms with E-state index in [1.165, 1.54) is 29.5 Å².